The Kier molecular flexibility index (Phi) is 5.54. The predicted octanol–water partition coefficient (Wildman–Crippen LogP) is 6.90. The van der Waals surface area contributed by atoms with Gasteiger partial charge in [0.25, 0.3) is 5.91 Å². The van der Waals surface area contributed by atoms with Crippen molar-refractivity contribution in [3.8, 4) is 0 Å². The van der Waals surface area contributed by atoms with E-state index in [1.807, 2.05) is 49.4 Å². The summed E-state index contributed by atoms with van der Waals surface area (Å²) in [6.07, 6.45) is 0. The van der Waals surface area contributed by atoms with Crippen LogP contribution in [0, 0.1) is 12.7 Å². The number of aromatic nitrogens is 1. The van der Waals surface area contributed by atoms with Crippen LogP contribution in [0.15, 0.2) is 60.7 Å². The van der Waals surface area contributed by atoms with Crippen molar-refractivity contribution in [2.24, 2.45) is 0 Å². The zero-order valence-corrected chi connectivity index (χ0v) is 17.7. The highest BCUT2D eigenvalue weighted by Gasteiger charge is 2.24. The van der Waals surface area contributed by atoms with E-state index < -0.39 is 5.82 Å². The van der Waals surface area contributed by atoms with Gasteiger partial charge in [0.15, 0.2) is 5.13 Å². The average Bonchev–Trinajstić information content (AvgIpc) is 3.14. The van der Waals surface area contributed by atoms with Gasteiger partial charge in [-0.05, 0) is 48.4 Å². The first-order valence-electron chi connectivity index (χ1n) is 8.80. The smallest absolute Gasteiger partial charge is 0.261 e. The second-order valence-electron chi connectivity index (χ2n) is 6.52. The van der Waals surface area contributed by atoms with Crippen LogP contribution >= 0.6 is 34.5 Å². The van der Waals surface area contributed by atoms with Crippen LogP contribution in [0.25, 0.3) is 10.2 Å². The van der Waals surface area contributed by atoms with Gasteiger partial charge in [-0.1, -0.05) is 64.9 Å². The summed E-state index contributed by atoms with van der Waals surface area (Å²) >= 11 is 13.8. The van der Waals surface area contributed by atoms with Crippen molar-refractivity contribution in [1.82, 2.24) is 4.98 Å². The molecule has 4 aromatic rings. The highest BCUT2D eigenvalue weighted by Crippen LogP contribution is 2.35. The molecule has 29 heavy (non-hydrogen) atoms. The molecule has 1 aromatic heterocycles. The lowest BCUT2D eigenvalue weighted by molar-refractivity contribution is 0.0985. The topological polar surface area (TPSA) is 33.2 Å². The number of thiazole rings is 1. The van der Waals surface area contributed by atoms with Crippen molar-refractivity contribution in [2.45, 2.75) is 13.5 Å². The summed E-state index contributed by atoms with van der Waals surface area (Å²) in [6, 6.07) is 17.1. The number of carbonyl (C=O) groups is 1. The lowest BCUT2D eigenvalue weighted by atomic mass is 10.1. The molecule has 0 atom stereocenters. The van der Waals surface area contributed by atoms with E-state index >= 15 is 0 Å². The van der Waals surface area contributed by atoms with Crippen LogP contribution in [0.1, 0.15) is 21.5 Å². The van der Waals surface area contributed by atoms with Gasteiger partial charge in [0, 0.05) is 5.02 Å². The van der Waals surface area contributed by atoms with E-state index in [1.165, 1.54) is 23.5 Å². The van der Waals surface area contributed by atoms with Crippen LogP contribution in [-0.4, -0.2) is 10.9 Å². The molecule has 0 unspecified atom stereocenters. The van der Waals surface area contributed by atoms with Crippen molar-refractivity contribution in [2.75, 3.05) is 4.90 Å². The number of hydrogen-bond donors (Lipinski definition) is 0. The maximum absolute atomic E-state index is 13.5. The molecule has 0 aliphatic rings. The number of nitrogens with zero attached hydrogens (tertiary/aromatic N) is 2. The Morgan fingerprint density at radius 3 is 2.55 bits per heavy atom. The van der Waals surface area contributed by atoms with E-state index in [0.29, 0.717) is 16.7 Å². The SMILES string of the molecule is Cc1c(Cl)ccc2sc(N(Cc3ccccc3)C(=O)c3ccc(F)cc3Cl)nc12. The fraction of sp³-hybridized carbons (Fsp3) is 0.0909. The fourth-order valence-corrected chi connectivity index (χ4v) is 4.43. The lowest BCUT2D eigenvalue weighted by Crippen LogP contribution is -2.30. The first kappa shape index (κ1) is 19.8. The van der Waals surface area contributed by atoms with Gasteiger partial charge in [-0.15, -0.1) is 0 Å². The number of anilines is 1. The summed E-state index contributed by atoms with van der Waals surface area (Å²) in [5.41, 5.74) is 2.78. The Bertz CT molecular complexity index is 1210. The molecule has 0 saturated heterocycles. The largest absolute Gasteiger partial charge is 0.279 e. The molecule has 0 aliphatic heterocycles. The molecule has 4 rings (SSSR count). The van der Waals surface area contributed by atoms with Gasteiger partial charge >= 0.3 is 0 Å². The molecule has 3 nitrogen and oxygen atoms in total. The molecule has 7 heteroatoms. The van der Waals surface area contributed by atoms with Crippen molar-refractivity contribution in [1.29, 1.82) is 0 Å². The predicted molar refractivity (Wildman–Crippen MR) is 118 cm³/mol. The van der Waals surface area contributed by atoms with Gasteiger partial charge in [0.2, 0.25) is 0 Å². The first-order valence-corrected chi connectivity index (χ1v) is 10.4. The summed E-state index contributed by atoms with van der Waals surface area (Å²) in [5, 5.41) is 1.21. The molecule has 0 fully saturated rings. The normalized spacial score (nSPS) is 11.0. The van der Waals surface area contributed by atoms with E-state index in [9.17, 15) is 9.18 Å². The first-order chi connectivity index (χ1) is 13.9. The molecule has 1 amide bonds. The third-order valence-electron chi connectivity index (χ3n) is 4.56. The van der Waals surface area contributed by atoms with Gasteiger partial charge in [0.05, 0.1) is 27.3 Å². The number of aryl methyl sites for hydroxylation is 1. The second-order valence-corrected chi connectivity index (χ2v) is 8.34. The zero-order chi connectivity index (χ0) is 20.5. The lowest BCUT2D eigenvalue weighted by Gasteiger charge is -2.20. The van der Waals surface area contributed by atoms with Gasteiger partial charge in [-0.2, -0.15) is 0 Å². The van der Waals surface area contributed by atoms with Crippen LogP contribution in [-0.2, 0) is 6.54 Å². The number of carbonyl (C=O) groups excluding carboxylic acids is 1. The Labute approximate surface area is 181 Å². The van der Waals surface area contributed by atoms with Crippen molar-refractivity contribution >= 4 is 55.8 Å². The summed E-state index contributed by atoms with van der Waals surface area (Å²) in [5.74, 6) is -0.840. The standard InChI is InChI=1S/C22H15Cl2FN2OS/c1-13-17(23)9-10-19-20(13)26-22(29-19)27(12-14-5-3-2-4-6-14)21(28)16-8-7-15(25)11-18(16)24/h2-11H,12H2,1H3. The van der Waals surface area contributed by atoms with E-state index in [2.05, 4.69) is 4.98 Å². The van der Waals surface area contributed by atoms with Crippen LogP contribution in [0.3, 0.4) is 0 Å². The maximum atomic E-state index is 13.5. The van der Waals surface area contributed by atoms with E-state index in [0.717, 1.165) is 27.4 Å². The number of halogens is 3. The van der Waals surface area contributed by atoms with Gasteiger partial charge < -0.3 is 0 Å². The molecule has 3 aromatic carbocycles. The third-order valence-corrected chi connectivity index (χ3v) is 6.32. The monoisotopic (exact) mass is 444 g/mol. The highest BCUT2D eigenvalue weighted by molar-refractivity contribution is 7.22. The van der Waals surface area contributed by atoms with E-state index in [-0.39, 0.29) is 16.5 Å². The Hall–Kier alpha value is -2.47. The van der Waals surface area contributed by atoms with Crippen LogP contribution in [0.4, 0.5) is 9.52 Å². The van der Waals surface area contributed by atoms with Crippen molar-refractivity contribution < 1.29 is 9.18 Å². The molecule has 0 aliphatic carbocycles. The minimum Gasteiger partial charge on any atom is -0.279 e. The molecule has 0 radical (unpaired) electrons. The van der Waals surface area contributed by atoms with E-state index in [4.69, 9.17) is 23.2 Å². The number of benzene rings is 3. The molecular weight excluding hydrogens is 430 g/mol. The number of amides is 1. The highest BCUT2D eigenvalue weighted by atomic mass is 35.5. The summed E-state index contributed by atoms with van der Waals surface area (Å²) in [4.78, 5) is 19.6. The number of fused-ring (bicyclic) bond motifs is 1. The van der Waals surface area contributed by atoms with Gasteiger partial charge in [0.1, 0.15) is 5.82 Å². The Morgan fingerprint density at radius 1 is 1.07 bits per heavy atom. The molecule has 0 saturated carbocycles. The Morgan fingerprint density at radius 2 is 1.83 bits per heavy atom. The molecule has 0 spiro atoms. The molecule has 0 N–H and O–H groups in total. The van der Waals surface area contributed by atoms with Crippen LogP contribution in [0.5, 0.6) is 0 Å². The molecular formula is C22H15Cl2FN2OS. The maximum Gasteiger partial charge on any atom is 0.261 e. The number of hydrogen-bond acceptors (Lipinski definition) is 3. The van der Waals surface area contributed by atoms with Crippen molar-refractivity contribution in [3.63, 3.8) is 0 Å². The van der Waals surface area contributed by atoms with Crippen molar-refractivity contribution in [3.05, 3.63) is 93.2 Å². The minimum atomic E-state index is -0.494. The quantitative estimate of drug-likeness (QED) is 0.343. The zero-order valence-electron chi connectivity index (χ0n) is 15.3. The Balaban J connectivity index is 1.82. The summed E-state index contributed by atoms with van der Waals surface area (Å²) < 4.78 is 14.4. The minimum absolute atomic E-state index is 0.0633. The molecule has 1 heterocycles. The second kappa shape index (κ2) is 8.11. The van der Waals surface area contributed by atoms with E-state index in [1.54, 1.807) is 4.90 Å². The van der Waals surface area contributed by atoms with Gasteiger partial charge in [-0.3, -0.25) is 9.69 Å². The third kappa shape index (κ3) is 3.99. The molecule has 0 bridgehead atoms. The summed E-state index contributed by atoms with van der Waals surface area (Å²) in [6.45, 7) is 2.20. The molecule has 146 valence electrons. The van der Waals surface area contributed by atoms with Gasteiger partial charge in [-0.25, -0.2) is 9.37 Å². The fourth-order valence-electron chi connectivity index (χ4n) is 3.00. The summed E-state index contributed by atoms with van der Waals surface area (Å²) in [7, 11) is 0. The van der Waals surface area contributed by atoms with Crippen LogP contribution in [0.2, 0.25) is 10.0 Å². The number of rotatable bonds is 4. The average molecular weight is 445 g/mol. The van der Waals surface area contributed by atoms with Crippen LogP contribution < -0.4 is 4.90 Å².